The fraction of sp³-hybridized carbons (Fsp3) is 0.200. The molecular formula is C25H25FN2O2. The summed E-state index contributed by atoms with van der Waals surface area (Å²) in [5, 5.41) is 2.78. The summed E-state index contributed by atoms with van der Waals surface area (Å²) in [4.78, 5) is 24.1. The summed E-state index contributed by atoms with van der Waals surface area (Å²) in [6.07, 6.45) is 4.14. The molecule has 1 aromatic heterocycles. The molecule has 0 saturated heterocycles. The number of aryl methyl sites for hydroxylation is 3. The van der Waals surface area contributed by atoms with Gasteiger partial charge in [0.2, 0.25) is 5.91 Å². The molecule has 0 bridgehead atoms. The monoisotopic (exact) mass is 404 g/mol. The molecule has 154 valence electrons. The van der Waals surface area contributed by atoms with E-state index in [0.29, 0.717) is 29.7 Å². The maximum atomic E-state index is 14.1. The molecule has 1 amide bonds. The number of carbonyl (C=O) groups excluding carboxylic acids is 1. The van der Waals surface area contributed by atoms with Crippen molar-refractivity contribution in [1.29, 1.82) is 0 Å². The van der Waals surface area contributed by atoms with Crippen LogP contribution in [0, 0.1) is 12.7 Å². The van der Waals surface area contributed by atoms with E-state index in [0.717, 1.165) is 22.3 Å². The van der Waals surface area contributed by atoms with Gasteiger partial charge >= 0.3 is 0 Å². The Balaban J connectivity index is 2.13. The van der Waals surface area contributed by atoms with Crippen molar-refractivity contribution in [1.82, 2.24) is 4.57 Å². The fourth-order valence-corrected chi connectivity index (χ4v) is 3.42. The molecule has 0 radical (unpaired) electrons. The van der Waals surface area contributed by atoms with E-state index in [2.05, 4.69) is 11.9 Å². The second kappa shape index (κ2) is 8.91. The third kappa shape index (κ3) is 4.57. The lowest BCUT2D eigenvalue weighted by atomic mass is 9.94. The molecule has 0 aliphatic carbocycles. The second-order valence-electron chi connectivity index (χ2n) is 7.35. The maximum Gasteiger partial charge on any atom is 0.253 e. The van der Waals surface area contributed by atoms with Crippen LogP contribution in [-0.2, 0) is 24.7 Å². The number of amides is 1. The number of carbonyl (C=O) groups is 1. The molecule has 1 heterocycles. The highest BCUT2D eigenvalue weighted by atomic mass is 19.1. The molecule has 0 aliphatic heterocycles. The van der Waals surface area contributed by atoms with Crippen molar-refractivity contribution in [2.75, 3.05) is 5.32 Å². The summed E-state index contributed by atoms with van der Waals surface area (Å²) in [5.74, 6) is -0.539. The van der Waals surface area contributed by atoms with Gasteiger partial charge in [-0.2, -0.15) is 0 Å². The van der Waals surface area contributed by atoms with Crippen LogP contribution in [0.15, 0.2) is 66.1 Å². The van der Waals surface area contributed by atoms with Crippen LogP contribution in [0.4, 0.5) is 10.1 Å². The number of anilines is 1. The Morgan fingerprint density at radius 1 is 1.17 bits per heavy atom. The molecular weight excluding hydrogens is 379 g/mol. The first-order chi connectivity index (χ1) is 14.3. The lowest BCUT2D eigenvalue weighted by Crippen LogP contribution is -2.20. The summed E-state index contributed by atoms with van der Waals surface area (Å²) >= 11 is 0. The van der Waals surface area contributed by atoms with E-state index in [1.165, 1.54) is 6.08 Å². The Kier molecular flexibility index (Phi) is 6.31. The molecule has 2 aromatic carbocycles. The molecule has 0 aliphatic rings. The van der Waals surface area contributed by atoms with Crippen molar-refractivity contribution in [3.8, 4) is 11.1 Å². The SMILES string of the molecule is C=CC(=O)Nc1ccc(Cc2ccc(C)c(F)c2)c(-c2cc(CC)c(=O)n(C)c2)c1. The van der Waals surface area contributed by atoms with Gasteiger partial charge in [-0.3, -0.25) is 9.59 Å². The Hall–Kier alpha value is -3.47. The number of rotatable bonds is 6. The van der Waals surface area contributed by atoms with Crippen molar-refractivity contribution in [2.45, 2.75) is 26.7 Å². The molecule has 0 unspecified atom stereocenters. The van der Waals surface area contributed by atoms with Crippen molar-refractivity contribution < 1.29 is 9.18 Å². The largest absolute Gasteiger partial charge is 0.323 e. The second-order valence-corrected chi connectivity index (χ2v) is 7.35. The number of pyridine rings is 1. The molecule has 1 N–H and O–H groups in total. The minimum Gasteiger partial charge on any atom is -0.323 e. The van der Waals surface area contributed by atoms with Gasteiger partial charge in [-0.1, -0.05) is 31.7 Å². The van der Waals surface area contributed by atoms with Crippen LogP contribution >= 0.6 is 0 Å². The number of hydrogen-bond donors (Lipinski definition) is 1. The highest BCUT2D eigenvalue weighted by molar-refractivity contribution is 5.99. The van der Waals surface area contributed by atoms with E-state index >= 15 is 0 Å². The van der Waals surface area contributed by atoms with Crippen molar-refractivity contribution >= 4 is 11.6 Å². The van der Waals surface area contributed by atoms with Crippen molar-refractivity contribution in [3.63, 3.8) is 0 Å². The standard InChI is InChI=1S/C25H25FN2O2/c1-5-18-13-20(15-28(4)25(18)30)22-14-21(27-24(29)6-2)10-9-19(22)11-17-8-7-16(3)23(26)12-17/h6-10,12-15H,2,5,11H2,1,3-4H3,(H,27,29). The van der Waals surface area contributed by atoms with Gasteiger partial charge in [-0.25, -0.2) is 4.39 Å². The molecule has 3 aromatic rings. The number of nitrogens with zero attached hydrogens (tertiary/aromatic N) is 1. The summed E-state index contributed by atoms with van der Waals surface area (Å²) in [7, 11) is 1.73. The predicted octanol–water partition coefficient (Wildman–Crippen LogP) is 4.78. The Bertz CT molecular complexity index is 1180. The number of benzene rings is 2. The van der Waals surface area contributed by atoms with Gasteiger partial charge in [-0.15, -0.1) is 0 Å². The quantitative estimate of drug-likeness (QED) is 0.601. The molecule has 0 atom stereocenters. The van der Waals surface area contributed by atoms with Crippen LogP contribution in [-0.4, -0.2) is 10.5 Å². The van der Waals surface area contributed by atoms with Gasteiger partial charge in [0.05, 0.1) is 0 Å². The third-order valence-corrected chi connectivity index (χ3v) is 5.14. The third-order valence-electron chi connectivity index (χ3n) is 5.14. The average molecular weight is 404 g/mol. The van der Waals surface area contributed by atoms with Crippen LogP contribution in [0.3, 0.4) is 0 Å². The number of nitrogens with one attached hydrogen (secondary N) is 1. The van der Waals surface area contributed by atoms with Gasteiger partial charge in [0.1, 0.15) is 5.82 Å². The van der Waals surface area contributed by atoms with Gasteiger partial charge < -0.3 is 9.88 Å². The smallest absolute Gasteiger partial charge is 0.253 e. The van der Waals surface area contributed by atoms with E-state index in [4.69, 9.17) is 0 Å². The fourth-order valence-electron chi connectivity index (χ4n) is 3.42. The highest BCUT2D eigenvalue weighted by Gasteiger charge is 2.12. The molecule has 0 fully saturated rings. The summed E-state index contributed by atoms with van der Waals surface area (Å²) in [6.45, 7) is 7.16. The Morgan fingerprint density at radius 2 is 1.93 bits per heavy atom. The van der Waals surface area contributed by atoms with E-state index < -0.39 is 0 Å². The topological polar surface area (TPSA) is 51.1 Å². The first-order valence-electron chi connectivity index (χ1n) is 9.83. The summed E-state index contributed by atoms with van der Waals surface area (Å²) in [5.41, 5.74) is 5.47. The minimum atomic E-state index is -0.302. The van der Waals surface area contributed by atoms with E-state index in [1.807, 2.05) is 37.3 Å². The highest BCUT2D eigenvalue weighted by Crippen LogP contribution is 2.29. The molecule has 0 saturated carbocycles. The zero-order valence-electron chi connectivity index (χ0n) is 17.5. The number of halogens is 1. The van der Waals surface area contributed by atoms with Crippen molar-refractivity contribution in [3.05, 3.63) is 99.7 Å². The maximum absolute atomic E-state index is 14.1. The number of aromatic nitrogens is 1. The van der Waals surface area contributed by atoms with Gasteiger partial charge in [0, 0.05) is 24.5 Å². The van der Waals surface area contributed by atoms with E-state index in [9.17, 15) is 14.0 Å². The molecule has 3 rings (SSSR count). The van der Waals surface area contributed by atoms with Crippen LogP contribution in [0.1, 0.15) is 29.2 Å². The van der Waals surface area contributed by atoms with Gasteiger partial charge in [0.25, 0.3) is 5.56 Å². The Labute approximate surface area is 175 Å². The average Bonchev–Trinajstić information content (AvgIpc) is 2.73. The normalized spacial score (nSPS) is 10.7. The van der Waals surface area contributed by atoms with Crippen LogP contribution in [0.25, 0.3) is 11.1 Å². The van der Waals surface area contributed by atoms with Crippen LogP contribution in [0.5, 0.6) is 0 Å². The molecule has 4 nitrogen and oxygen atoms in total. The first kappa shape index (κ1) is 21.2. The zero-order chi connectivity index (χ0) is 21.8. The number of hydrogen-bond acceptors (Lipinski definition) is 2. The first-order valence-corrected chi connectivity index (χ1v) is 9.83. The minimum absolute atomic E-state index is 0.0282. The lowest BCUT2D eigenvalue weighted by Gasteiger charge is -2.15. The zero-order valence-corrected chi connectivity index (χ0v) is 17.5. The van der Waals surface area contributed by atoms with Crippen LogP contribution in [0.2, 0.25) is 0 Å². The van der Waals surface area contributed by atoms with E-state index in [1.54, 1.807) is 36.9 Å². The van der Waals surface area contributed by atoms with Crippen molar-refractivity contribution in [2.24, 2.45) is 7.05 Å². The van der Waals surface area contributed by atoms with Crippen LogP contribution < -0.4 is 10.9 Å². The summed E-state index contributed by atoms with van der Waals surface area (Å²) < 4.78 is 15.6. The van der Waals surface area contributed by atoms with Gasteiger partial charge in [0.15, 0.2) is 0 Å². The molecule has 30 heavy (non-hydrogen) atoms. The lowest BCUT2D eigenvalue weighted by molar-refractivity contribution is -0.111. The Morgan fingerprint density at radius 3 is 2.60 bits per heavy atom. The van der Waals surface area contributed by atoms with E-state index in [-0.39, 0.29) is 17.3 Å². The van der Waals surface area contributed by atoms with Gasteiger partial charge in [-0.05, 0) is 77.9 Å². The predicted molar refractivity (Wildman–Crippen MR) is 119 cm³/mol. The molecule has 0 spiro atoms. The molecule has 5 heteroatoms. The summed E-state index contributed by atoms with van der Waals surface area (Å²) in [6, 6.07) is 12.7.